The summed E-state index contributed by atoms with van der Waals surface area (Å²) in [5.74, 6) is 2.32. The number of ether oxygens (including phenoxy) is 1. The van der Waals surface area contributed by atoms with Gasteiger partial charge in [0.2, 0.25) is 0 Å². The van der Waals surface area contributed by atoms with Crippen molar-refractivity contribution in [2.45, 2.75) is 32.8 Å². The highest BCUT2D eigenvalue weighted by Crippen LogP contribution is 2.27. The second kappa shape index (κ2) is 9.20. The number of aliphatic hydroxyl groups excluding tert-OH is 1. The molecule has 0 aliphatic carbocycles. The van der Waals surface area contributed by atoms with Gasteiger partial charge in [0, 0.05) is 38.9 Å². The third kappa shape index (κ3) is 5.44. The number of aryl methyl sites for hydroxylation is 1. The summed E-state index contributed by atoms with van der Waals surface area (Å²) in [6.07, 6.45) is 1.34. The van der Waals surface area contributed by atoms with Crippen LogP contribution in [0.25, 0.3) is 0 Å². The number of aliphatic hydroxyl groups is 1. The van der Waals surface area contributed by atoms with Crippen molar-refractivity contribution in [3.05, 3.63) is 53.7 Å². The van der Waals surface area contributed by atoms with Crippen molar-refractivity contribution in [2.24, 2.45) is 0 Å². The highest BCUT2D eigenvalue weighted by molar-refractivity contribution is 5.39. The molecular weight excluding hydrogens is 338 g/mol. The van der Waals surface area contributed by atoms with E-state index in [1.807, 2.05) is 24.4 Å². The van der Waals surface area contributed by atoms with Gasteiger partial charge in [-0.25, -0.2) is 4.98 Å². The van der Waals surface area contributed by atoms with Crippen molar-refractivity contribution in [2.75, 3.05) is 44.2 Å². The Morgan fingerprint density at radius 2 is 1.89 bits per heavy atom. The van der Waals surface area contributed by atoms with Crippen LogP contribution in [0.4, 0.5) is 5.82 Å². The smallest absolute Gasteiger partial charge is 0.128 e. The minimum Gasteiger partial charge on any atom is -0.491 e. The van der Waals surface area contributed by atoms with Crippen LogP contribution in [-0.2, 0) is 0 Å². The number of aromatic nitrogens is 1. The van der Waals surface area contributed by atoms with Gasteiger partial charge in [0.15, 0.2) is 0 Å². The molecule has 2 aromatic rings. The van der Waals surface area contributed by atoms with Gasteiger partial charge in [-0.1, -0.05) is 32.0 Å². The number of β-amino-alcohol motifs (C(OH)–C–C–N with tert-alkyl or cyclic N) is 1. The molecule has 0 spiro atoms. The number of pyridine rings is 1. The van der Waals surface area contributed by atoms with E-state index in [9.17, 15) is 5.11 Å². The number of nitrogens with zero attached hydrogens (tertiary/aromatic N) is 3. The second-order valence-electron chi connectivity index (χ2n) is 7.64. The Balaban J connectivity index is 1.47. The largest absolute Gasteiger partial charge is 0.491 e. The van der Waals surface area contributed by atoms with E-state index in [2.05, 4.69) is 53.8 Å². The number of hydrogen-bond donors (Lipinski definition) is 1. The summed E-state index contributed by atoms with van der Waals surface area (Å²) in [5, 5.41) is 10.5. The van der Waals surface area contributed by atoms with E-state index in [4.69, 9.17) is 4.74 Å². The van der Waals surface area contributed by atoms with Gasteiger partial charge >= 0.3 is 0 Å². The van der Waals surface area contributed by atoms with E-state index >= 15 is 0 Å². The zero-order chi connectivity index (χ0) is 19.2. The van der Waals surface area contributed by atoms with E-state index in [-0.39, 0.29) is 0 Å². The number of rotatable bonds is 7. The predicted octanol–water partition coefficient (Wildman–Crippen LogP) is 3.08. The molecule has 0 saturated carbocycles. The Labute approximate surface area is 162 Å². The highest BCUT2D eigenvalue weighted by Gasteiger charge is 2.20. The number of piperazine rings is 1. The first-order valence-electron chi connectivity index (χ1n) is 9.82. The molecular formula is C22H31N3O2. The van der Waals surface area contributed by atoms with E-state index < -0.39 is 6.10 Å². The first-order valence-corrected chi connectivity index (χ1v) is 9.82. The quantitative estimate of drug-likeness (QED) is 0.813. The Bertz CT molecular complexity index is 713. The molecule has 3 rings (SSSR count). The monoisotopic (exact) mass is 369 g/mol. The van der Waals surface area contributed by atoms with Crippen LogP contribution in [0.3, 0.4) is 0 Å². The number of hydrogen-bond acceptors (Lipinski definition) is 5. The van der Waals surface area contributed by atoms with Crippen LogP contribution in [0.1, 0.15) is 30.9 Å². The summed E-state index contributed by atoms with van der Waals surface area (Å²) in [7, 11) is 0. The lowest BCUT2D eigenvalue weighted by atomic mass is 10.0. The SMILES string of the molecule is Cc1ccc(C(C)C)c(OC[C@@H](O)CN2CCN(c3ccccn3)CC2)c1. The first-order chi connectivity index (χ1) is 13.0. The van der Waals surface area contributed by atoms with E-state index in [1.54, 1.807) is 0 Å². The molecule has 1 fully saturated rings. The topological polar surface area (TPSA) is 48.8 Å². The van der Waals surface area contributed by atoms with E-state index in [1.165, 1.54) is 11.1 Å². The van der Waals surface area contributed by atoms with Crippen molar-refractivity contribution >= 4 is 5.82 Å². The molecule has 0 radical (unpaired) electrons. The van der Waals surface area contributed by atoms with Crippen LogP contribution in [0.15, 0.2) is 42.6 Å². The Hall–Kier alpha value is -2.11. The lowest BCUT2D eigenvalue weighted by molar-refractivity contribution is 0.0658. The van der Waals surface area contributed by atoms with Gasteiger partial charge in [0.25, 0.3) is 0 Å². The summed E-state index contributed by atoms with van der Waals surface area (Å²) in [4.78, 5) is 9.01. The van der Waals surface area contributed by atoms with Crippen molar-refractivity contribution < 1.29 is 9.84 Å². The fraction of sp³-hybridized carbons (Fsp3) is 0.500. The van der Waals surface area contributed by atoms with Crippen molar-refractivity contribution in [1.82, 2.24) is 9.88 Å². The average molecular weight is 370 g/mol. The zero-order valence-electron chi connectivity index (χ0n) is 16.6. The fourth-order valence-electron chi connectivity index (χ4n) is 3.48. The molecule has 0 bridgehead atoms. The van der Waals surface area contributed by atoms with Crippen LogP contribution in [0.2, 0.25) is 0 Å². The normalized spacial score (nSPS) is 16.6. The van der Waals surface area contributed by atoms with Gasteiger partial charge in [0.05, 0.1) is 0 Å². The maximum atomic E-state index is 10.5. The standard InChI is InChI=1S/C22H31N3O2/c1-17(2)20-8-7-18(3)14-21(20)27-16-19(26)15-24-10-12-25(13-11-24)22-6-4-5-9-23-22/h4-9,14,17,19,26H,10-13,15-16H2,1-3H3/t19-/m0/s1. The minimum absolute atomic E-state index is 0.323. The second-order valence-corrected chi connectivity index (χ2v) is 7.64. The molecule has 1 aromatic heterocycles. The predicted molar refractivity (Wildman–Crippen MR) is 110 cm³/mol. The van der Waals surface area contributed by atoms with Crippen LogP contribution >= 0.6 is 0 Å². The lowest BCUT2D eigenvalue weighted by Gasteiger charge is -2.36. The maximum absolute atomic E-state index is 10.5. The molecule has 5 heteroatoms. The summed E-state index contributed by atoms with van der Waals surface area (Å²) >= 11 is 0. The molecule has 146 valence electrons. The minimum atomic E-state index is -0.494. The van der Waals surface area contributed by atoms with E-state index in [0.29, 0.717) is 19.1 Å². The van der Waals surface area contributed by atoms with Gasteiger partial charge in [-0.05, 0) is 42.2 Å². The molecule has 2 heterocycles. The number of anilines is 1. The molecule has 1 saturated heterocycles. The number of benzene rings is 1. The molecule has 0 amide bonds. The summed E-state index contributed by atoms with van der Waals surface area (Å²) in [5.41, 5.74) is 2.37. The van der Waals surface area contributed by atoms with Crippen LogP contribution < -0.4 is 9.64 Å². The van der Waals surface area contributed by atoms with Gasteiger partial charge < -0.3 is 14.7 Å². The lowest BCUT2D eigenvalue weighted by Crippen LogP contribution is -2.49. The zero-order valence-corrected chi connectivity index (χ0v) is 16.6. The summed E-state index contributed by atoms with van der Waals surface area (Å²) in [6.45, 7) is 11.1. The maximum Gasteiger partial charge on any atom is 0.128 e. The molecule has 1 aromatic carbocycles. The third-order valence-electron chi connectivity index (χ3n) is 5.04. The first kappa shape index (κ1) is 19.6. The molecule has 5 nitrogen and oxygen atoms in total. The van der Waals surface area contributed by atoms with Gasteiger partial charge in [-0.3, -0.25) is 4.90 Å². The van der Waals surface area contributed by atoms with Gasteiger partial charge in [-0.15, -0.1) is 0 Å². The van der Waals surface area contributed by atoms with Crippen molar-refractivity contribution in [1.29, 1.82) is 0 Å². The molecule has 1 N–H and O–H groups in total. The van der Waals surface area contributed by atoms with Gasteiger partial charge in [-0.2, -0.15) is 0 Å². The molecule has 0 unspecified atom stereocenters. The molecule has 1 aliphatic rings. The molecule has 27 heavy (non-hydrogen) atoms. The van der Waals surface area contributed by atoms with Crippen molar-refractivity contribution in [3.63, 3.8) is 0 Å². The Morgan fingerprint density at radius 1 is 1.11 bits per heavy atom. The molecule has 1 aliphatic heterocycles. The Kier molecular flexibility index (Phi) is 6.69. The van der Waals surface area contributed by atoms with Gasteiger partial charge in [0.1, 0.15) is 24.3 Å². The van der Waals surface area contributed by atoms with Crippen LogP contribution in [0.5, 0.6) is 5.75 Å². The highest BCUT2D eigenvalue weighted by atomic mass is 16.5. The fourth-order valence-corrected chi connectivity index (χ4v) is 3.48. The van der Waals surface area contributed by atoms with E-state index in [0.717, 1.165) is 37.7 Å². The Morgan fingerprint density at radius 3 is 2.56 bits per heavy atom. The van der Waals surface area contributed by atoms with Crippen molar-refractivity contribution in [3.8, 4) is 5.75 Å². The van der Waals surface area contributed by atoms with Crippen LogP contribution in [-0.4, -0.2) is 60.4 Å². The summed E-state index contributed by atoms with van der Waals surface area (Å²) < 4.78 is 5.98. The third-order valence-corrected chi connectivity index (χ3v) is 5.04. The van der Waals surface area contributed by atoms with Crippen LogP contribution in [0, 0.1) is 6.92 Å². The average Bonchev–Trinajstić information content (AvgIpc) is 2.67. The summed E-state index contributed by atoms with van der Waals surface area (Å²) in [6, 6.07) is 12.3. The molecule has 1 atom stereocenters.